The van der Waals surface area contributed by atoms with Gasteiger partial charge in [-0.05, 0) is 27.6 Å². The van der Waals surface area contributed by atoms with Crippen LogP contribution in [-0.4, -0.2) is 18.7 Å². The van der Waals surface area contributed by atoms with E-state index in [0.29, 0.717) is 6.42 Å². The second-order valence-corrected chi connectivity index (χ2v) is 6.34. The molecular formula is C8H10BrNO2S. The van der Waals surface area contributed by atoms with Crippen molar-refractivity contribution in [1.29, 1.82) is 0 Å². The van der Waals surface area contributed by atoms with Crippen LogP contribution in [0.4, 0.5) is 0 Å². The number of hydrogen-bond donors (Lipinski definition) is 0. The molecular weight excluding hydrogens is 254 g/mol. The van der Waals surface area contributed by atoms with Crippen LogP contribution in [0.25, 0.3) is 0 Å². The van der Waals surface area contributed by atoms with Gasteiger partial charge in [-0.3, -0.25) is 0 Å². The van der Waals surface area contributed by atoms with Crippen molar-refractivity contribution >= 4 is 25.8 Å². The summed E-state index contributed by atoms with van der Waals surface area (Å²) in [5, 5.41) is 0. The Kier molecular flexibility index (Phi) is 2.03. The molecule has 0 unspecified atom stereocenters. The van der Waals surface area contributed by atoms with E-state index in [1.54, 1.807) is 0 Å². The standard InChI is InChI=1S/C8H10BrNO2S/c1-10-7-2-3-13(11,12)5-6(7)4-8(10)9/h4H,2-3,5H2,1H3. The van der Waals surface area contributed by atoms with Gasteiger partial charge >= 0.3 is 0 Å². The molecule has 0 saturated heterocycles. The maximum Gasteiger partial charge on any atom is 0.154 e. The number of sulfone groups is 1. The number of hydrogen-bond acceptors (Lipinski definition) is 2. The summed E-state index contributed by atoms with van der Waals surface area (Å²) in [5.74, 6) is 0.478. The van der Waals surface area contributed by atoms with Crippen LogP contribution in [0.3, 0.4) is 0 Å². The Balaban J connectivity index is 2.54. The summed E-state index contributed by atoms with van der Waals surface area (Å²) in [4.78, 5) is 0. The van der Waals surface area contributed by atoms with Gasteiger partial charge in [0, 0.05) is 19.2 Å². The Morgan fingerprint density at radius 1 is 1.54 bits per heavy atom. The molecule has 0 N–H and O–H groups in total. The molecule has 5 heteroatoms. The highest BCUT2D eigenvalue weighted by molar-refractivity contribution is 9.10. The zero-order valence-electron chi connectivity index (χ0n) is 7.25. The molecule has 0 bridgehead atoms. The molecule has 72 valence electrons. The SMILES string of the molecule is Cn1c(Br)cc2c1CCS(=O)(=O)C2. The van der Waals surface area contributed by atoms with E-state index >= 15 is 0 Å². The Hall–Kier alpha value is -0.290. The summed E-state index contributed by atoms with van der Waals surface area (Å²) in [7, 11) is -0.888. The molecule has 1 aliphatic rings. The Labute approximate surface area is 85.8 Å². The maximum atomic E-state index is 11.3. The monoisotopic (exact) mass is 263 g/mol. The number of fused-ring (bicyclic) bond motifs is 1. The Morgan fingerprint density at radius 3 is 2.92 bits per heavy atom. The number of halogens is 1. The van der Waals surface area contributed by atoms with Crippen LogP contribution in [0.2, 0.25) is 0 Å². The molecule has 0 radical (unpaired) electrons. The first-order valence-corrected chi connectivity index (χ1v) is 6.64. The van der Waals surface area contributed by atoms with Gasteiger partial charge in [-0.1, -0.05) is 0 Å². The molecule has 0 aromatic carbocycles. The van der Waals surface area contributed by atoms with E-state index in [1.165, 1.54) is 0 Å². The van der Waals surface area contributed by atoms with Crippen LogP contribution < -0.4 is 0 Å². The highest BCUT2D eigenvalue weighted by atomic mass is 79.9. The van der Waals surface area contributed by atoms with Crippen molar-refractivity contribution in [2.45, 2.75) is 12.2 Å². The smallest absolute Gasteiger partial charge is 0.154 e. The lowest BCUT2D eigenvalue weighted by atomic mass is 10.2. The molecule has 0 amide bonds. The maximum absolute atomic E-state index is 11.3. The van der Waals surface area contributed by atoms with Crippen molar-refractivity contribution in [1.82, 2.24) is 4.57 Å². The third-order valence-electron chi connectivity index (χ3n) is 2.41. The Morgan fingerprint density at radius 2 is 2.23 bits per heavy atom. The van der Waals surface area contributed by atoms with Gasteiger partial charge in [0.25, 0.3) is 0 Å². The second-order valence-electron chi connectivity index (χ2n) is 3.34. The highest BCUT2D eigenvalue weighted by Crippen LogP contribution is 2.26. The van der Waals surface area contributed by atoms with E-state index in [-0.39, 0.29) is 11.5 Å². The van der Waals surface area contributed by atoms with Crippen molar-refractivity contribution in [3.8, 4) is 0 Å². The molecule has 0 saturated carbocycles. The molecule has 0 atom stereocenters. The Bertz CT molecular complexity index is 447. The zero-order valence-corrected chi connectivity index (χ0v) is 9.65. The topological polar surface area (TPSA) is 39.1 Å². The van der Waals surface area contributed by atoms with Gasteiger partial charge in [-0.2, -0.15) is 0 Å². The largest absolute Gasteiger partial charge is 0.342 e. The molecule has 0 fully saturated rings. The molecule has 1 aromatic rings. The van der Waals surface area contributed by atoms with E-state index in [9.17, 15) is 8.42 Å². The lowest BCUT2D eigenvalue weighted by molar-refractivity contribution is 0.590. The number of nitrogens with zero attached hydrogens (tertiary/aromatic N) is 1. The molecule has 3 nitrogen and oxygen atoms in total. The lowest BCUT2D eigenvalue weighted by Gasteiger charge is -2.13. The number of rotatable bonds is 0. The van der Waals surface area contributed by atoms with Crippen LogP contribution in [0.1, 0.15) is 11.3 Å². The first-order chi connectivity index (χ1) is 5.99. The average Bonchev–Trinajstić information content (AvgIpc) is 2.25. The van der Waals surface area contributed by atoms with Crippen LogP contribution in [0.15, 0.2) is 10.7 Å². The van der Waals surface area contributed by atoms with E-state index in [1.807, 2.05) is 17.7 Å². The van der Waals surface area contributed by atoms with Crippen molar-refractivity contribution in [2.24, 2.45) is 7.05 Å². The van der Waals surface area contributed by atoms with Gasteiger partial charge in [0.15, 0.2) is 9.84 Å². The summed E-state index contributed by atoms with van der Waals surface area (Å²) in [5.41, 5.74) is 2.09. The minimum Gasteiger partial charge on any atom is -0.342 e. The van der Waals surface area contributed by atoms with Gasteiger partial charge < -0.3 is 4.57 Å². The molecule has 2 heterocycles. The minimum absolute atomic E-state index is 0.196. The molecule has 1 aliphatic heterocycles. The summed E-state index contributed by atoms with van der Waals surface area (Å²) in [6, 6.07) is 1.89. The first kappa shape index (κ1) is 9.27. The molecule has 0 aliphatic carbocycles. The van der Waals surface area contributed by atoms with Crippen molar-refractivity contribution in [3.05, 3.63) is 21.9 Å². The molecule has 2 rings (SSSR count). The fraction of sp³-hybridized carbons (Fsp3) is 0.500. The van der Waals surface area contributed by atoms with Gasteiger partial charge in [0.2, 0.25) is 0 Å². The predicted molar refractivity (Wildman–Crippen MR) is 54.3 cm³/mol. The highest BCUT2D eigenvalue weighted by Gasteiger charge is 2.24. The van der Waals surface area contributed by atoms with Crippen molar-refractivity contribution < 1.29 is 8.42 Å². The van der Waals surface area contributed by atoms with Gasteiger partial charge in [0.1, 0.15) is 0 Å². The van der Waals surface area contributed by atoms with Crippen molar-refractivity contribution in [2.75, 3.05) is 5.75 Å². The fourth-order valence-electron chi connectivity index (χ4n) is 1.68. The fourth-order valence-corrected chi connectivity index (χ4v) is 3.55. The third kappa shape index (κ3) is 1.55. The normalized spacial score (nSPS) is 19.8. The second kappa shape index (κ2) is 2.85. The first-order valence-electron chi connectivity index (χ1n) is 4.03. The summed E-state index contributed by atoms with van der Waals surface area (Å²) >= 11 is 3.38. The third-order valence-corrected chi connectivity index (χ3v) is 4.75. The number of aromatic nitrogens is 1. The van der Waals surface area contributed by atoms with E-state index in [4.69, 9.17) is 0 Å². The van der Waals surface area contributed by atoms with Crippen molar-refractivity contribution in [3.63, 3.8) is 0 Å². The quantitative estimate of drug-likeness (QED) is 0.707. The van der Waals surface area contributed by atoms with E-state index in [0.717, 1.165) is 15.9 Å². The minimum atomic E-state index is -2.83. The van der Waals surface area contributed by atoms with Gasteiger partial charge in [-0.15, -0.1) is 0 Å². The van der Waals surface area contributed by atoms with Crippen LogP contribution in [0, 0.1) is 0 Å². The zero-order chi connectivity index (χ0) is 9.64. The van der Waals surface area contributed by atoms with E-state index in [2.05, 4.69) is 15.9 Å². The van der Waals surface area contributed by atoms with Crippen LogP contribution in [-0.2, 0) is 29.1 Å². The average molecular weight is 264 g/mol. The molecule has 13 heavy (non-hydrogen) atoms. The van der Waals surface area contributed by atoms with Crippen LogP contribution >= 0.6 is 15.9 Å². The summed E-state index contributed by atoms with van der Waals surface area (Å²) in [6.45, 7) is 0. The molecule has 0 spiro atoms. The van der Waals surface area contributed by atoms with Gasteiger partial charge in [0.05, 0.1) is 16.1 Å². The van der Waals surface area contributed by atoms with Gasteiger partial charge in [-0.25, -0.2) is 8.42 Å². The van der Waals surface area contributed by atoms with E-state index < -0.39 is 9.84 Å². The lowest BCUT2D eigenvalue weighted by Crippen LogP contribution is -2.19. The van der Waals surface area contributed by atoms with Crippen LogP contribution in [0.5, 0.6) is 0 Å². The predicted octanol–water partition coefficient (Wildman–Crippen LogP) is 1.26. The molecule has 1 aromatic heterocycles. The summed E-state index contributed by atoms with van der Waals surface area (Å²) < 4.78 is 25.6. The summed E-state index contributed by atoms with van der Waals surface area (Å²) in [6.07, 6.45) is 0.639.